The molecule has 0 unspecified atom stereocenters. The molecule has 0 bridgehead atoms. The fourth-order valence-corrected chi connectivity index (χ4v) is 3.98. The normalized spacial score (nSPS) is 19.4. The number of hydrogen-bond acceptors (Lipinski definition) is 5. The van der Waals surface area contributed by atoms with Crippen LogP contribution in [0.2, 0.25) is 0 Å². The number of carbonyl (C=O) groups excluding carboxylic acids is 2. The number of benzene rings is 1. The van der Waals surface area contributed by atoms with Crippen LogP contribution in [0.3, 0.4) is 0 Å². The Morgan fingerprint density at radius 3 is 2.55 bits per heavy atom. The van der Waals surface area contributed by atoms with E-state index < -0.39 is 5.54 Å². The second-order valence-electron chi connectivity index (χ2n) is 9.06. The maximum Gasteiger partial charge on any atom is 0.290 e. The number of fused-ring (bicyclic) bond motifs is 1. The molecule has 1 saturated carbocycles. The molecule has 3 aromatic rings. The quantitative estimate of drug-likeness (QED) is 0.699. The van der Waals surface area contributed by atoms with Gasteiger partial charge in [-0.2, -0.15) is 0 Å². The second-order valence-corrected chi connectivity index (χ2v) is 9.06. The lowest BCUT2D eigenvalue weighted by Crippen LogP contribution is -2.63. The van der Waals surface area contributed by atoms with Gasteiger partial charge in [0.1, 0.15) is 16.9 Å². The van der Waals surface area contributed by atoms with Gasteiger partial charge in [-0.05, 0) is 51.0 Å². The lowest BCUT2D eigenvalue weighted by molar-refractivity contribution is -0.133. The third kappa shape index (κ3) is 3.17. The van der Waals surface area contributed by atoms with E-state index in [0.717, 1.165) is 18.5 Å². The lowest BCUT2D eigenvalue weighted by Gasteiger charge is -2.40. The van der Waals surface area contributed by atoms with Crippen molar-refractivity contribution in [3.63, 3.8) is 0 Å². The predicted molar refractivity (Wildman–Crippen MR) is 112 cm³/mol. The second kappa shape index (κ2) is 6.60. The molecule has 3 heterocycles. The summed E-state index contributed by atoms with van der Waals surface area (Å²) < 4.78 is 19.4. The summed E-state index contributed by atoms with van der Waals surface area (Å²) in [7, 11) is 0. The number of furan rings is 1. The maximum atomic E-state index is 13.4. The van der Waals surface area contributed by atoms with E-state index in [1.165, 1.54) is 17.0 Å². The van der Waals surface area contributed by atoms with Gasteiger partial charge in [-0.15, -0.1) is 0 Å². The van der Waals surface area contributed by atoms with Gasteiger partial charge in [-0.1, -0.05) is 6.92 Å². The van der Waals surface area contributed by atoms with Crippen molar-refractivity contribution in [2.45, 2.75) is 44.6 Å². The molecule has 0 atom stereocenters. The van der Waals surface area contributed by atoms with Gasteiger partial charge in [0.05, 0.1) is 5.69 Å². The first-order valence-corrected chi connectivity index (χ1v) is 10.4. The molecule has 31 heavy (non-hydrogen) atoms. The molecule has 5 rings (SSSR count). The maximum absolute atomic E-state index is 13.4. The average molecular weight is 422 g/mol. The Kier molecular flexibility index (Phi) is 4.19. The molecule has 2 amide bonds. The largest absolute Gasteiger partial charge is 0.447 e. The first-order chi connectivity index (χ1) is 14.7. The number of amides is 2. The average Bonchev–Trinajstić information content (AvgIpc) is 3.33. The van der Waals surface area contributed by atoms with E-state index in [0.29, 0.717) is 35.6 Å². The molecule has 1 aromatic carbocycles. The fraction of sp³-hybridized carbons (Fsp3) is 0.391. The van der Waals surface area contributed by atoms with E-state index in [1.54, 1.807) is 32.0 Å². The third-order valence-corrected chi connectivity index (χ3v) is 6.35. The van der Waals surface area contributed by atoms with Crippen LogP contribution in [0.1, 0.15) is 49.9 Å². The van der Waals surface area contributed by atoms with Crippen molar-refractivity contribution in [1.82, 2.24) is 20.2 Å². The van der Waals surface area contributed by atoms with E-state index in [9.17, 15) is 14.0 Å². The van der Waals surface area contributed by atoms with Crippen molar-refractivity contribution in [3.05, 3.63) is 47.6 Å². The first-order valence-electron chi connectivity index (χ1n) is 10.4. The Morgan fingerprint density at radius 2 is 1.87 bits per heavy atom. The van der Waals surface area contributed by atoms with Gasteiger partial charge in [0, 0.05) is 30.1 Å². The molecule has 0 radical (unpaired) electrons. The molecule has 2 aromatic heterocycles. The van der Waals surface area contributed by atoms with E-state index in [4.69, 9.17) is 9.40 Å². The van der Waals surface area contributed by atoms with Crippen LogP contribution in [-0.2, 0) is 10.2 Å². The van der Waals surface area contributed by atoms with Crippen LogP contribution in [0, 0.1) is 5.82 Å². The summed E-state index contributed by atoms with van der Waals surface area (Å²) in [5, 5.41) is 2.79. The van der Waals surface area contributed by atoms with Crippen LogP contribution >= 0.6 is 0 Å². The Labute approximate surface area is 178 Å². The number of rotatable bonds is 3. The lowest BCUT2D eigenvalue weighted by atomic mass is 9.98. The standard InChI is InChI=1S/C23H23FN4O3/c1-22(2)21(30)25-10-11-28(22)20(29)16-12-15-17(31-16)18(23(3)8-9-23)27-19(26-15)13-4-6-14(24)7-5-13/h4-7,12H,8-11H2,1-3H3,(H,25,30). The summed E-state index contributed by atoms with van der Waals surface area (Å²) in [4.78, 5) is 36.4. The number of aromatic nitrogens is 2. The summed E-state index contributed by atoms with van der Waals surface area (Å²) in [5.41, 5.74) is 1.35. The molecule has 7 nitrogen and oxygen atoms in total. The minimum absolute atomic E-state index is 0.133. The molecule has 2 fully saturated rings. The highest BCUT2D eigenvalue weighted by atomic mass is 19.1. The van der Waals surface area contributed by atoms with Crippen LogP contribution < -0.4 is 5.32 Å². The monoisotopic (exact) mass is 422 g/mol. The van der Waals surface area contributed by atoms with E-state index >= 15 is 0 Å². The molecule has 1 aliphatic carbocycles. The van der Waals surface area contributed by atoms with Gasteiger partial charge in [-0.3, -0.25) is 9.59 Å². The van der Waals surface area contributed by atoms with E-state index in [-0.39, 0.29) is 28.8 Å². The van der Waals surface area contributed by atoms with Gasteiger partial charge >= 0.3 is 0 Å². The van der Waals surface area contributed by atoms with Gasteiger partial charge in [-0.25, -0.2) is 14.4 Å². The fourth-order valence-electron chi connectivity index (χ4n) is 3.98. The number of nitrogens with zero attached hydrogens (tertiary/aromatic N) is 3. The Balaban J connectivity index is 1.61. The SMILES string of the molecule is CC1(c2nc(-c3ccc(F)cc3)nc3cc(C(=O)N4CCNC(=O)C4(C)C)oc23)CC1. The smallest absolute Gasteiger partial charge is 0.290 e. The summed E-state index contributed by atoms with van der Waals surface area (Å²) in [6, 6.07) is 7.63. The summed E-state index contributed by atoms with van der Waals surface area (Å²) in [5.74, 6) is -0.286. The van der Waals surface area contributed by atoms with Gasteiger partial charge in [0.25, 0.3) is 5.91 Å². The minimum atomic E-state index is -0.982. The van der Waals surface area contributed by atoms with Crippen molar-refractivity contribution in [2.24, 2.45) is 0 Å². The summed E-state index contributed by atoms with van der Waals surface area (Å²) in [6.07, 6.45) is 1.93. The number of nitrogens with one attached hydrogen (secondary N) is 1. The van der Waals surface area contributed by atoms with Crippen molar-refractivity contribution in [1.29, 1.82) is 0 Å². The van der Waals surface area contributed by atoms with E-state index in [1.807, 2.05) is 0 Å². The minimum Gasteiger partial charge on any atom is -0.447 e. The van der Waals surface area contributed by atoms with Crippen molar-refractivity contribution < 1.29 is 18.4 Å². The van der Waals surface area contributed by atoms with Crippen LogP contribution in [0.25, 0.3) is 22.5 Å². The van der Waals surface area contributed by atoms with Gasteiger partial charge < -0.3 is 14.6 Å². The molecule has 160 valence electrons. The van der Waals surface area contributed by atoms with Crippen LogP contribution in [0.15, 0.2) is 34.7 Å². The van der Waals surface area contributed by atoms with Gasteiger partial charge in [0.15, 0.2) is 17.2 Å². The molecule has 0 spiro atoms. The highest BCUT2D eigenvalue weighted by Crippen LogP contribution is 2.49. The molecule has 8 heteroatoms. The Bertz CT molecular complexity index is 1210. The number of hydrogen-bond donors (Lipinski definition) is 1. The molecule has 1 saturated heterocycles. The summed E-state index contributed by atoms with van der Waals surface area (Å²) in [6.45, 7) is 6.32. The third-order valence-electron chi connectivity index (χ3n) is 6.35. The van der Waals surface area contributed by atoms with Gasteiger partial charge in [0.2, 0.25) is 5.91 Å². The molecular weight excluding hydrogens is 399 g/mol. The number of halogens is 1. The van der Waals surface area contributed by atoms with Crippen molar-refractivity contribution in [3.8, 4) is 11.4 Å². The van der Waals surface area contributed by atoms with Crippen molar-refractivity contribution >= 4 is 22.9 Å². The Hall–Kier alpha value is -3.29. The highest BCUT2D eigenvalue weighted by Gasteiger charge is 2.45. The predicted octanol–water partition coefficient (Wildman–Crippen LogP) is 3.43. The molecule has 1 N–H and O–H groups in total. The molecule has 2 aliphatic rings. The van der Waals surface area contributed by atoms with Crippen LogP contribution in [0.4, 0.5) is 4.39 Å². The first kappa shape index (κ1) is 19.7. The van der Waals surface area contributed by atoms with Crippen LogP contribution in [-0.4, -0.2) is 45.3 Å². The highest BCUT2D eigenvalue weighted by molar-refractivity contribution is 6.00. The molecule has 1 aliphatic heterocycles. The number of carbonyl (C=O) groups is 2. The van der Waals surface area contributed by atoms with E-state index in [2.05, 4.69) is 17.2 Å². The molecular formula is C23H23FN4O3. The Morgan fingerprint density at radius 1 is 1.16 bits per heavy atom. The summed E-state index contributed by atoms with van der Waals surface area (Å²) >= 11 is 0. The zero-order chi connectivity index (χ0) is 22.0. The topological polar surface area (TPSA) is 88.3 Å². The van der Waals surface area contributed by atoms with Crippen LogP contribution in [0.5, 0.6) is 0 Å². The zero-order valence-corrected chi connectivity index (χ0v) is 17.7. The zero-order valence-electron chi connectivity index (χ0n) is 17.7. The number of piperazine rings is 1. The van der Waals surface area contributed by atoms with Crippen molar-refractivity contribution in [2.75, 3.05) is 13.1 Å².